The predicted octanol–water partition coefficient (Wildman–Crippen LogP) is 3.16. The molecule has 0 aliphatic carbocycles. The van der Waals surface area contributed by atoms with Gasteiger partial charge in [-0.3, -0.25) is 0 Å². The van der Waals surface area contributed by atoms with E-state index in [4.69, 9.17) is 18.0 Å². The number of anilines is 1. The summed E-state index contributed by atoms with van der Waals surface area (Å²) in [5.41, 5.74) is 0.618. The van der Waals surface area contributed by atoms with Crippen LogP contribution in [0.5, 0.6) is 0 Å². The Morgan fingerprint density at radius 2 is 2.38 bits per heavy atom. The number of fused-ring (bicyclic) bond motifs is 1. The normalized spacial score (nSPS) is 10.4. The van der Waals surface area contributed by atoms with Gasteiger partial charge in [-0.15, -0.1) is 6.42 Å². The summed E-state index contributed by atoms with van der Waals surface area (Å²) in [4.78, 5) is 6.14. The molecule has 0 fully saturated rings. The van der Waals surface area contributed by atoms with Gasteiger partial charge >= 0.3 is 0 Å². The molecule has 0 saturated carbocycles. The third-order valence-corrected chi connectivity index (χ3v) is 3.46. The highest BCUT2D eigenvalue weighted by atomic mass is 35.5. The molecule has 16 heavy (non-hydrogen) atoms. The molecule has 0 unspecified atom stereocenters. The van der Waals surface area contributed by atoms with Crippen LogP contribution in [0.3, 0.4) is 0 Å². The predicted molar refractivity (Wildman–Crippen MR) is 66.7 cm³/mol. The quantitative estimate of drug-likeness (QED) is 0.766. The van der Waals surface area contributed by atoms with Crippen molar-refractivity contribution in [2.24, 2.45) is 0 Å². The fraction of sp³-hybridized carbons (Fsp3) is 0.182. The SMILES string of the molecule is C#CCN(C)c1nc2c(Cl)cc(F)cc2s1. The Morgan fingerprint density at radius 1 is 1.62 bits per heavy atom. The van der Waals surface area contributed by atoms with Gasteiger partial charge < -0.3 is 4.90 Å². The molecule has 2 nitrogen and oxygen atoms in total. The molecule has 1 aromatic heterocycles. The van der Waals surface area contributed by atoms with Gasteiger partial charge in [0.05, 0.1) is 16.3 Å². The van der Waals surface area contributed by atoms with E-state index in [-0.39, 0.29) is 5.82 Å². The van der Waals surface area contributed by atoms with Gasteiger partial charge in [0.1, 0.15) is 11.3 Å². The van der Waals surface area contributed by atoms with Crippen LogP contribution in [0.25, 0.3) is 10.2 Å². The van der Waals surface area contributed by atoms with Crippen molar-refractivity contribution in [3.63, 3.8) is 0 Å². The van der Waals surface area contributed by atoms with Crippen LogP contribution in [-0.2, 0) is 0 Å². The van der Waals surface area contributed by atoms with Crippen molar-refractivity contribution in [2.75, 3.05) is 18.5 Å². The molecule has 0 atom stereocenters. The molecule has 0 aliphatic rings. The van der Waals surface area contributed by atoms with Crippen LogP contribution in [-0.4, -0.2) is 18.6 Å². The molecule has 1 aromatic carbocycles. The summed E-state index contributed by atoms with van der Waals surface area (Å²) in [5, 5.41) is 1.06. The average molecular weight is 255 g/mol. The van der Waals surface area contributed by atoms with E-state index in [9.17, 15) is 4.39 Å². The minimum atomic E-state index is -0.354. The van der Waals surface area contributed by atoms with Crippen molar-refractivity contribution in [2.45, 2.75) is 0 Å². The van der Waals surface area contributed by atoms with Gasteiger partial charge in [-0.2, -0.15) is 0 Å². The Morgan fingerprint density at radius 3 is 3.06 bits per heavy atom. The van der Waals surface area contributed by atoms with Gasteiger partial charge in [0.2, 0.25) is 0 Å². The summed E-state index contributed by atoms with van der Waals surface area (Å²) in [7, 11) is 1.84. The van der Waals surface area contributed by atoms with Gasteiger partial charge in [0.25, 0.3) is 0 Å². The zero-order chi connectivity index (χ0) is 11.7. The molecule has 5 heteroatoms. The van der Waals surface area contributed by atoms with E-state index in [1.807, 2.05) is 11.9 Å². The largest absolute Gasteiger partial charge is 0.340 e. The molecule has 2 rings (SSSR count). The fourth-order valence-electron chi connectivity index (χ4n) is 1.31. The van der Waals surface area contributed by atoms with Gasteiger partial charge in [-0.05, 0) is 12.1 Å². The molecule has 0 radical (unpaired) electrons. The second-order valence-electron chi connectivity index (χ2n) is 3.29. The Balaban J connectivity index is 2.52. The number of thiazole rings is 1. The lowest BCUT2D eigenvalue weighted by atomic mass is 10.3. The average Bonchev–Trinajstić information content (AvgIpc) is 2.62. The second-order valence-corrected chi connectivity index (χ2v) is 4.71. The monoisotopic (exact) mass is 254 g/mol. The van der Waals surface area contributed by atoms with Crippen LogP contribution in [0.1, 0.15) is 0 Å². The molecule has 82 valence electrons. The van der Waals surface area contributed by atoms with Gasteiger partial charge in [-0.1, -0.05) is 28.9 Å². The number of hydrogen-bond donors (Lipinski definition) is 0. The first kappa shape index (κ1) is 11.2. The van der Waals surface area contributed by atoms with Gasteiger partial charge in [-0.25, -0.2) is 9.37 Å². The molecule has 2 aromatic rings. The standard InChI is InChI=1S/C11H8ClFN2S/c1-3-4-15(2)11-14-10-8(12)5-7(13)6-9(10)16-11/h1,5-6H,4H2,2H3. The Hall–Kier alpha value is -1.31. The molecular weight excluding hydrogens is 247 g/mol. The van der Waals surface area contributed by atoms with Crippen molar-refractivity contribution in [1.29, 1.82) is 0 Å². The molecular formula is C11H8ClFN2S. The van der Waals surface area contributed by atoms with Crippen molar-refractivity contribution in [1.82, 2.24) is 4.98 Å². The molecule has 1 heterocycles. The summed E-state index contributed by atoms with van der Waals surface area (Å²) in [6.07, 6.45) is 5.21. The number of hydrogen-bond acceptors (Lipinski definition) is 3. The lowest BCUT2D eigenvalue weighted by molar-refractivity contribution is 0.630. The summed E-state index contributed by atoms with van der Waals surface area (Å²) in [6, 6.07) is 2.68. The number of nitrogens with zero attached hydrogens (tertiary/aromatic N) is 2. The van der Waals surface area contributed by atoms with Crippen LogP contribution >= 0.6 is 22.9 Å². The van der Waals surface area contributed by atoms with E-state index in [0.717, 1.165) is 9.83 Å². The van der Waals surface area contributed by atoms with Crippen molar-refractivity contribution < 1.29 is 4.39 Å². The first-order chi connectivity index (χ1) is 7.61. The molecule has 0 amide bonds. The van der Waals surface area contributed by atoms with Gasteiger partial charge in [0.15, 0.2) is 5.13 Å². The fourth-order valence-corrected chi connectivity index (χ4v) is 2.60. The van der Waals surface area contributed by atoms with E-state index >= 15 is 0 Å². The lowest BCUT2D eigenvalue weighted by Crippen LogP contribution is -2.16. The molecule has 0 saturated heterocycles. The van der Waals surface area contributed by atoms with Crippen LogP contribution in [0.4, 0.5) is 9.52 Å². The summed E-state index contributed by atoms with van der Waals surface area (Å²) in [5.74, 6) is 2.17. The maximum Gasteiger partial charge on any atom is 0.187 e. The van der Waals surface area contributed by atoms with Crippen LogP contribution < -0.4 is 4.90 Å². The first-order valence-electron chi connectivity index (χ1n) is 4.52. The molecule has 0 aliphatic heterocycles. The topological polar surface area (TPSA) is 16.1 Å². The Labute approximate surface area is 102 Å². The van der Waals surface area contributed by atoms with Crippen LogP contribution in [0, 0.1) is 18.2 Å². The Kier molecular flexibility index (Phi) is 2.99. The first-order valence-corrected chi connectivity index (χ1v) is 5.71. The summed E-state index contributed by atoms with van der Waals surface area (Å²) < 4.78 is 13.8. The number of aromatic nitrogens is 1. The third kappa shape index (κ3) is 1.97. The minimum Gasteiger partial charge on any atom is -0.340 e. The van der Waals surface area contributed by atoms with Crippen molar-refractivity contribution in [3.8, 4) is 12.3 Å². The number of terminal acetylenes is 1. The van der Waals surface area contributed by atoms with E-state index < -0.39 is 0 Å². The van der Waals surface area contributed by atoms with E-state index in [2.05, 4.69) is 10.9 Å². The van der Waals surface area contributed by atoms with Crippen LogP contribution in [0.15, 0.2) is 12.1 Å². The zero-order valence-electron chi connectivity index (χ0n) is 8.50. The van der Waals surface area contributed by atoms with E-state index in [0.29, 0.717) is 17.1 Å². The second kappa shape index (κ2) is 4.28. The minimum absolute atomic E-state index is 0.326. The maximum absolute atomic E-state index is 13.1. The number of rotatable bonds is 2. The smallest absolute Gasteiger partial charge is 0.187 e. The third-order valence-electron chi connectivity index (χ3n) is 2.06. The highest BCUT2D eigenvalue weighted by Gasteiger charge is 2.11. The van der Waals surface area contributed by atoms with Crippen molar-refractivity contribution >= 4 is 38.3 Å². The Bertz CT molecular complexity index is 573. The molecule has 0 N–H and O–H groups in total. The van der Waals surface area contributed by atoms with E-state index in [1.165, 1.54) is 23.5 Å². The zero-order valence-corrected chi connectivity index (χ0v) is 10.1. The highest BCUT2D eigenvalue weighted by molar-refractivity contribution is 7.22. The highest BCUT2D eigenvalue weighted by Crippen LogP contribution is 2.33. The maximum atomic E-state index is 13.1. The molecule has 0 bridgehead atoms. The number of halogens is 2. The van der Waals surface area contributed by atoms with E-state index in [1.54, 1.807) is 0 Å². The lowest BCUT2D eigenvalue weighted by Gasteiger charge is -2.10. The van der Waals surface area contributed by atoms with Crippen LogP contribution in [0.2, 0.25) is 5.02 Å². The van der Waals surface area contributed by atoms with Crippen molar-refractivity contribution in [3.05, 3.63) is 23.0 Å². The number of benzene rings is 1. The summed E-state index contributed by atoms with van der Waals surface area (Å²) in [6.45, 7) is 0.458. The molecule has 0 spiro atoms. The summed E-state index contributed by atoms with van der Waals surface area (Å²) >= 11 is 7.27. The van der Waals surface area contributed by atoms with Gasteiger partial charge in [0, 0.05) is 7.05 Å².